The Morgan fingerprint density at radius 3 is 2.63 bits per heavy atom. The molecule has 19 heavy (non-hydrogen) atoms. The lowest BCUT2D eigenvalue weighted by molar-refractivity contribution is -0.384. The highest BCUT2D eigenvalue weighted by molar-refractivity contribution is 6.42. The number of benzene rings is 1. The summed E-state index contributed by atoms with van der Waals surface area (Å²) in [6.07, 6.45) is 0.219. The fourth-order valence-corrected chi connectivity index (χ4v) is 2.59. The monoisotopic (exact) mass is 304 g/mol. The minimum absolute atomic E-state index is 0.0574. The van der Waals surface area contributed by atoms with Crippen LogP contribution in [0.25, 0.3) is 0 Å². The SMILES string of the molecule is CC1CN(c2cc(Cl)c(Cl)cc2[N+](=O)[O-])CCC1O. The summed E-state index contributed by atoms with van der Waals surface area (Å²) in [6.45, 7) is 3.03. The lowest BCUT2D eigenvalue weighted by Crippen LogP contribution is -2.42. The number of nitro benzene ring substituents is 1. The van der Waals surface area contributed by atoms with E-state index in [0.717, 1.165) is 0 Å². The van der Waals surface area contributed by atoms with Gasteiger partial charge in [0.2, 0.25) is 0 Å². The molecule has 0 aliphatic carbocycles. The van der Waals surface area contributed by atoms with Gasteiger partial charge in [-0.2, -0.15) is 0 Å². The third-order valence-corrected chi connectivity index (χ3v) is 4.14. The Kier molecular flexibility index (Phi) is 4.18. The second kappa shape index (κ2) is 5.53. The number of nitro groups is 1. The van der Waals surface area contributed by atoms with Crippen molar-refractivity contribution in [2.75, 3.05) is 18.0 Å². The number of halogens is 2. The van der Waals surface area contributed by atoms with Crippen molar-refractivity contribution < 1.29 is 10.0 Å². The molecule has 0 radical (unpaired) electrons. The quantitative estimate of drug-likeness (QED) is 0.673. The molecule has 0 aromatic heterocycles. The summed E-state index contributed by atoms with van der Waals surface area (Å²) >= 11 is 11.8. The van der Waals surface area contributed by atoms with Crippen LogP contribution in [0, 0.1) is 16.0 Å². The molecular formula is C12H14Cl2N2O3. The van der Waals surface area contributed by atoms with Crippen molar-refractivity contribution in [3.8, 4) is 0 Å². The fourth-order valence-electron chi connectivity index (χ4n) is 2.28. The van der Waals surface area contributed by atoms with Gasteiger partial charge in [-0.1, -0.05) is 30.1 Å². The highest BCUT2D eigenvalue weighted by Crippen LogP contribution is 2.37. The number of rotatable bonds is 2. The second-order valence-electron chi connectivity index (χ2n) is 4.79. The van der Waals surface area contributed by atoms with Crippen LogP contribution in [-0.2, 0) is 0 Å². The van der Waals surface area contributed by atoms with Crippen molar-refractivity contribution >= 4 is 34.6 Å². The largest absolute Gasteiger partial charge is 0.393 e. The minimum Gasteiger partial charge on any atom is -0.393 e. The van der Waals surface area contributed by atoms with E-state index in [1.165, 1.54) is 12.1 Å². The summed E-state index contributed by atoms with van der Waals surface area (Å²) in [5.41, 5.74) is 0.399. The van der Waals surface area contributed by atoms with E-state index in [1.807, 2.05) is 11.8 Å². The molecule has 1 aromatic rings. The van der Waals surface area contributed by atoms with Crippen molar-refractivity contribution in [1.82, 2.24) is 0 Å². The number of hydrogen-bond donors (Lipinski definition) is 1. The Hall–Kier alpha value is -1.04. The standard InChI is InChI=1S/C12H14Cl2N2O3/c1-7-6-15(3-2-12(7)17)10-4-8(13)9(14)5-11(10)16(18)19/h4-5,7,12,17H,2-3,6H2,1H3. The molecule has 1 saturated heterocycles. The van der Waals surface area contributed by atoms with E-state index in [9.17, 15) is 15.2 Å². The molecule has 1 N–H and O–H groups in total. The van der Waals surface area contributed by atoms with Gasteiger partial charge in [-0.15, -0.1) is 0 Å². The predicted octanol–water partition coefficient (Wildman–Crippen LogP) is 3.11. The van der Waals surface area contributed by atoms with Crippen LogP contribution in [-0.4, -0.2) is 29.2 Å². The van der Waals surface area contributed by atoms with Gasteiger partial charge >= 0.3 is 0 Å². The zero-order chi connectivity index (χ0) is 14.2. The molecule has 0 saturated carbocycles. The van der Waals surface area contributed by atoms with Crippen molar-refractivity contribution in [3.05, 3.63) is 32.3 Å². The summed E-state index contributed by atoms with van der Waals surface area (Å²) in [4.78, 5) is 12.5. The Morgan fingerprint density at radius 1 is 1.42 bits per heavy atom. The third-order valence-electron chi connectivity index (χ3n) is 3.41. The normalized spacial score (nSPS) is 23.5. The van der Waals surface area contributed by atoms with Gasteiger partial charge in [-0.05, 0) is 18.4 Å². The van der Waals surface area contributed by atoms with Crippen molar-refractivity contribution in [3.63, 3.8) is 0 Å². The van der Waals surface area contributed by atoms with Gasteiger partial charge in [0.1, 0.15) is 5.69 Å². The van der Waals surface area contributed by atoms with Gasteiger partial charge in [0.25, 0.3) is 5.69 Å². The Labute approximate surface area is 120 Å². The maximum Gasteiger partial charge on any atom is 0.294 e. The van der Waals surface area contributed by atoms with E-state index in [0.29, 0.717) is 30.2 Å². The summed E-state index contributed by atoms with van der Waals surface area (Å²) < 4.78 is 0. The third kappa shape index (κ3) is 2.94. The maximum absolute atomic E-state index is 11.1. The molecule has 0 spiro atoms. The van der Waals surface area contributed by atoms with E-state index < -0.39 is 4.92 Å². The van der Waals surface area contributed by atoms with Crippen molar-refractivity contribution in [2.24, 2.45) is 5.92 Å². The number of anilines is 1. The van der Waals surface area contributed by atoms with Crippen LogP contribution in [0.3, 0.4) is 0 Å². The van der Waals surface area contributed by atoms with Gasteiger partial charge in [0, 0.05) is 19.2 Å². The highest BCUT2D eigenvalue weighted by atomic mass is 35.5. The summed E-state index contributed by atoms with van der Waals surface area (Å²) in [7, 11) is 0. The first-order valence-corrected chi connectivity index (χ1v) is 6.72. The molecule has 104 valence electrons. The maximum atomic E-state index is 11.1. The molecule has 2 rings (SSSR count). The number of hydrogen-bond acceptors (Lipinski definition) is 4. The van der Waals surface area contributed by atoms with Gasteiger partial charge < -0.3 is 10.0 Å². The van der Waals surface area contributed by atoms with Crippen LogP contribution in [0.15, 0.2) is 12.1 Å². The first kappa shape index (κ1) is 14.4. The molecule has 1 aromatic carbocycles. The van der Waals surface area contributed by atoms with Gasteiger partial charge in [-0.3, -0.25) is 10.1 Å². The molecule has 7 heteroatoms. The van der Waals surface area contributed by atoms with Crippen LogP contribution in [0.1, 0.15) is 13.3 Å². The molecule has 2 unspecified atom stereocenters. The predicted molar refractivity (Wildman–Crippen MR) is 75.1 cm³/mol. The zero-order valence-corrected chi connectivity index (χ0v) is 11.9. The molecule has 0 bridgehead atoms. The van der Waals surface area contributed by atoms with Crippen molar-refractivity contribution in [1.29, 1.82) is 0 Å². The number of nitrogens with zero attached hydrogens (tertiary/aromatic N) is 2. The lowest BCUT2D eigenvalue weighted by Gasteiger charge is -2.35. The molecule has 1 aliphatic heterocycles. The summed E-state index contributed by atoms with van der Waals surface area (Å²) in [6, 6.07) is 2.79. The topological polar surface area (TPSA) is 66.6 Å². The van der Waals surface area contributed by atoms with E-state index in [-0.39, 0.29) is 22.7 Å². The first-order valence-electron chi connectivity index (χ1n) is 5.96. The molecule has 2 atom stereocenters. The van der Waals surface area contributed by atoms with Gasteiger partial charge in [-0.25, -0.2) is 0 Å². The average Bonchev–Trinajstić information content (AvgIpc) is 2.35. The second-order valence-corrected chi connectivity index (χ2v) is 5.61. The molecule has 5 nitrogen and oxygen atoms in total. The Morgan fingerprint density at radius 2 is 2.05 bits per heavy atom. The molecule has 1 fully saturated rings. The van der Waals surface area contributed by atoms with Gasteiger partial charge in [0.15, 0.2) is 0 Å². The van der Waals surface area contributed by atoms with Crippen molar-refractivity contribution in [2.45, 2.75) is 19.4 Å². The molecular weight excluding hydrogens is 291 g/mol. The van der Waals surface area contributed by atoms with Crippen LogP contribution < -0.4 is 4.90 Å². The van der Waals surface area contributed by atoms with Gasteiger partial charge in [0.05, 0.1) is 21.1 Å². The molecule has 0 amide bonds. The van der Waals surface area contributed by atoms with E-state index in [2.05, 4.69) is 0 Å². The Bertz CT molecular complexity index is 510. The van der Waals surface area contributed by atoms with Crippen LogP contribution >= 0.6 is 23.2 Å². The summed E-state index contributed by atoms with van der Waals surface area (Å²) in [5, 5.41) is 21.3. The van der Waals surface area contributed by atoms with Crippen LogP contribution in [0.2, 0.25) is 10.0 Å². The smallest absolute Gasteiger partial charge is 0.294 e. The molecule has 1 heterocycles. The van der Waals surface area contributed by atoms with Crippen LogP contribution in [0.5, 0.6) is 0 Å². The highest BCUT2D eigenvalue weighted by Gasteiger charge is 2.29. The van der Waals surface area contributed by atoms with E-state index in [1.54, 1.807) is 0 Å². The Balaban J connectivity index is 2.38. The van der Waals surface area contributed by atoms with E-state index in [4.69, 9.17) is 23.2 Å². The minimum atomic E-state index is -0.465. The lowest BCUT2D eigenvalue weighted by atomic mass is 9.96. The number of aliphatic hydroxyl groups excluding tert-OH is 1. The zero-order valence-electron chi connectivity index (χ0n) is 10.3. The molecule has 1 aliphatic rings. The van der Waals surface area contributed by atoms with Crippen LogP contribution in [0.4, 0.5) is 11.4 Å². The fraction of sp³-hybridized carbons (Fsp3) is 0.500. The number of piperidine rings is 1. The number of aliphatic hydroxyl groups is 1. The summed E-state index contributed by atoms with van der Waals surface area (Å²) in [5.74, 6) is 0.0582. The van der Waals surface area contributed by atoms with E-state index >= 15 is 0 Å². The average molecular weight is 305 g/mol. The first-order chi connectivity index (χ1) is 8.90.